The van der Waals surface area contributed by atoms with Gasteiger partial charge in [-0.2, -0.15) is 5.26 Å². The number of hydrogen-bond donors (Lipinski definition) is 1. The van der Waals surface area contributed by atoms with Crippen molar-refractivity contribution in [1.29, 1.82) is 5.26 Å². The van der Waals surface area contributed by atoms with Gasteiger partial charge in [-0.1, -0.05) is 6.07 Å². The number of nitrogens with one attached hydrogen (secondary N) is 1. The summed E-state index contributed by atoms with van der Waals surface area (Å²) < 4.78 is 0. The van der Waals surface area contributed by atoms with Gasteiger partial charge >= 0.3 is 0 Å². The maximum Gasteiger partial charge on any atom is 0.102 e. The molecule has 0 aliphatic rings. The van der Waals surface area contributed by atoms with E-state index in [2.05, 4.69) is 23.2 Å². The first-order valence-corrected chi connectivity index (χ1v) is 6.26. The summed E-state index contributed by atoms with van der Waals surface area (Å²) in [5, 5.41) is 12.3. The van der Waals surface area contributed by atoms with E-state index in [-0.39, 0.29) is 0 Å². The lowest BCUT2D eigenvalue weighted by atomic mass is 10.2. The van der Waals surface area contributed by atoms with Gasteiger partial charge in [-0.05, 0) is 25.3 Å². The molecule has 1 rings (SSSR count). The first kappa shape index (κ1) is 12.5. The second kappa shape index (κ2) is 6.82. The standard InChI is InChI=1S/C13H14N2S/c1-3-4-5-9-15-12-7-6-8-13(16-2)11(12)10-14/h6-8,15H,5,9H2,1-2H3. The largest absolute Gasteiger partial charge is 0.383 e. The van der Waals surface area contributed by atoms with Crippen molar-refractivity contribution in [2.45, 2.75) is 18.2 Å². The minimum Gasteiger partial charge on any atom is -0.383 e. The van der Waals surface area contributed by atoms with E-state index in [4.69, 9.17) is 5.26 Å². The number of benzene rings is 1. The van der Waals surface area contributed by atoms with E-state index in [9.17, 15) is 0 Å². The van der Waals surface area contributed by atoms with E-state index in [1.54, 1.807) is 11.8 Å². The number of hydrogen-bond acceptors (Lipinski definition) is 3. The Balaban J connectivity index is 2.78. The average molecular weight is 230 g/mol. The van der Waals surface area contributed by atoms with Gasteiger partial charge < -0.3 is 5.32 Å². The molecule has 1 aromatic carbocycles. The molecule has 0 bridgehead atoms. The van der Waals surface area contributed by atoms with Crippen LogP contribution in [0.4, 0.5) is 5.69 Å². The lowest BCUT2D eigenvalue weighted by Crippen LogP contribution is -2.02. The summed E-state index contributed by atoms with van der Waals surface area (Å²) in [5.41, 5.74) is 1.62. The van der Waals surface area contributed by atoms with E-state index in [1.165, 1.54) is 0 Å². The summed E-state index contributed by atoms with van der Waals surface area (Å²) >= 11 is 1.59. The van der Waals surface area contributed by atoms with Gasteiger partial charge in [-0.3, -0.25) is 0 Å². The summed E-state index contributed by atoms with van der Waals surface area (Å²) in [6.07, 6.45) is 2.77. The van der Waals surface area contributed by atoms with Gasteiger partial charge in [0.2, 0.25) is 0 Å². The van der Waals surface area contributed by atoms with Gasteiger partial charge in [0, 0.05) is 17.9 Å². The molecular formula is C13H14N2S. The van der Waals surface area contributed by atoms with Crippen LogP contribution in [-0.2, 0) is 0 Å². The van der Waals surface area contributed by atoms with Crippen molar-refractivity contribution in [2.75, 3.05) is 18.1 Å². The fourth-order valence-corrected chi connectivity index (χ4v) is 1.92. The predicted octanol–water partition coefficient (Wildman–Crippen LogP) is 3.11. The van der Waals surface area contributed by atoms with Gasteiger partial charge in [0.1, 0.15) is 6.07 Å². The lowest BCUT2D eigenvalue weighted by molar-refractivity contribution is 1.09. The number of nitrogens with zero attached hydrogens (tertiary/aromatic N) is 1. The molecule has 0 fully saturated rings. The molecule has 1 N–H and O–H groups in total. The molecule has 0 unspecified atom stereocenters. The number of thioether (sulfide) groups is 1. The van der Waals surface area contributed by atoms with Crippen molar-refractivity contribution in [2.24, 2.45) is 0 Å². The quantitative estimate of drug-likeness (QED) is 0.490. The first-order valence-electron chi connectivity index (χ1n) is 5.04. The normalized spacial score (nSPS) is 8.81. The minimum atomic E-state index is 0.722. The van der Waals surface area contributed by atoms with E-state index in [0.29, 0.717) is 0 Å². The molecule has 0 atom stereocenters. The van der Waals surface area contributed by atoms with Crippen LogP contribution in [0, 0.1) is 23.2 Å². The Morgan fingerprint density at radius 2 is 2.25 bits per heavy atom. The van der Waals surface area contributed by atoms with Crippen LogP contribution in [0.15, 0.2) is 23.1 Å². The van der Waals surface area contributed by atoms with Crippen LogP contribution < -0.4 is 5.32 Å². The van der Waals surface area contributed by atoms with Crippen LogP contribution >= 0.6 is 11.8 Å². The molecule has 0 aliphatic carbocycles. The molecule has 0 aromatic heterocycles. The Kier molecular flexibility index (Phi) is 5.32. The van der Waals surface area contributed by atoms with E-state index in [1.807, 2.05) is 31.4 Å². The smallest absolute Gasteiger partial charge is 0.102 e. The molecule has 0 aliphatic heterocycles. The average Bonchev–Trinajstić information content (AvgIpc) is 2.34. The summed E-state index contributed by atoms with van der Waals surface area (Å²) in [6, 6.07) is 8.08. The summed E-state index contributed by atoms with van der Waals surface area (Å²) in [5.74, 6) is 5.83. The number of nitriles is 1. The molecule has 0 heterocycles. The molecule has 82 valence electrons. The third-order valence-corrected chi connectivity index (χ3v) is 2.88. The SMILES string of the molecule is CC#CCCNc1cccc(SC)c1C#N. The van der Waals surface area contributed by atoms with E-state index in [0.717, 1.165) is 29.1 Å². The second-order valence-electron chi connectivity index (χ2n) is 3.10. The molecular weight excluding hydrogens is 216 g/mol. The van der Waals surface area contributed by atoms with E-state index < -0.39 is 0 Å². The molecule has 16 heavy (non-hydrogen) atoms. The Morgan fingerprint density at radius 1 is 1.44 bits per heavy atom. The van der Waals surface area contributed by atoms with Crippen molar-refractivity contribution in [3.05, 3.63) is 23.8 Å². The van der Waals surface area contributed by atoms with Crippen molar-refractivity contribution < 1.29 is 0 Å². The zero-order chi connectivity index (χ0) is 11.8. The molecule has 1 aromatic rings. The number of anilines is 1. The zero-order valence-electron chi connectivity index (χ0n) is 9.50. The molecule has 0 radical (unpaired) electrons. The topological polar surface area (TPSA) is 35.8 Å². The number of rotatable bonds is 4. The van der Waals surface area contributed by atoms with Gasteiger partial charge in [0.15, 0.2) is 0 Å². The highest BCUT2D eigenvalue weighted by Gasteiger charge is 2.05. The van der Waals surface area contributed by atoms with Crippen LogP contribution in [0.2, 0.25) is 0 Å². The van der Waals surface area contributed by atoms with Crippen LogP contribution in [-0.4, -0.2) is 12.8 Å². The zero-order valence-corrected chi connectivity index (χ0v) is 10.3. The molecule has 2 nitrogen and oxygen atoms in total. The fourth-order valence-electron chi connectivity index (χ4n) is 1.35. The van der Waals surface area contributed by atoms with Gasteiger partial charge in [-0.15, -0.1) is 23.6 Å². The van der Waals surface area contributed by atoms with Crippen LogP contribution in [0.3, 0.4) is 0 Å². The highest BCUT2D eigenvalue weighted by atomic mass is 32.2. The molecule has 0 saturated heterocycles. The van der Waals surface area contributed by atoms with E-state index >= 15 is 0 Å². The van der Waals surface area contributed by atoms with Crippen LogP contribution in [0.1, 0.15) is 18.9 Å². The highest BCUT2D eigenvalue weighted by Crippen LogP contribution is 2.26. The Bertz CT molecular complexity index is 449. The van der Waals surface area contributed by atoms with Crippen molar-refractivity contribution in [3.8, 4) is 17.9 Å². The molecule has 0 amide bonds. The second-order valence-corrected chi connectivity index (χ2v) is 3.95. The van der Waals surface area contributed by atoms with Crippen molar-refractivity contribution >= 4 is 17.4 Å². The van der Waals surface area contributed by atoms with Crippen LogP contribution in [0.5, 0.6) is 0 Å². The molecule has 3 heteroatoms. The minimum absolute atomic E-state index is 0.722. The summed E-state index contributed by atoms with van der Waals surface area (Å²) in [7, 11) is 0. The monoisotopic (exact) mass is 230 g/mol. The van der Waals surface area contributed by atoms with Crippen molar-refractivity contribution in [1.82, 2.24) is 0 Å². The predicted molar refractivity (Wildman–Crippen MR) is 69.5 cm³/mol. The Labute approximate surface area is 101 Å². The Hall–Kier alpha value is -1.58. The van der Waals surface area contributed by atoms with Gasteiger partial charge in [0.05, 0.1) is 11.3 Å². The summed E-state index contributed by atoms with van der Waals surface area (Å²) in [6.45, 7) is 2.60. The molecule has 0 saturated carbocycles. The third-order valence-electron chi connectivity index (χ3n) is 2.10. The Morgan fingerprint density at radius 3 is 2.88 bits per heavy atom. The lowest BCUT2D eigenvalue weighted by Gasteiger charge is -2.08. The maximum absolute atomic E-state index is 9.10. The fraction of sp³-hybridized carbons (Fsp3) is 0.308. The highest BCUT2D eigenvalue weighted by molar-refractivity contribution is 7.98. The van der Waals surface area contributed by atoms with Gasteiger partial charge in [0.25, 0.3) is 0 Å². The van der Waals surface area contributed by atoms with Gasteiger partial charge in [-0.25, -0.2) is 0 Å². The summed E-state index contributed by atoms with van der Waals surface area (Å²) in [4.78, 5) is 1.01. The first-order chi connectivity index (χ1) is 7.83. The maximum atomic E-state index is 9.10. The van der Waals surface area contributed by atoms with Crippen LogP contribution in [0.25, 0.3) is 0 Å². The molecule has 0 spiro atoms. The van der Waals surface area contributed by atoms with Crippen molar-refractivity contribution in [3.63, 3.8) is 0 Å². The third kappa shape index (κ3) is 3.22.